The van der Waals surface area contributed by atoms with Crippen LogP contribution in [0.1, 0.15) is 61.3 Å². The van der Waals surface area contributed by atoms with Gasteiger partial charge in [-0.1, -0.05) is 25.3 Å². The number of carboxylic acid groups (broad SMARTS) is 1. The maximum atomic E-state index is 12.0. The van der Waals surface area contributed by atoms with Crippen LogP contribution >= 0.6 is 11.5 Å². The zero-order valence-electron chi connectivity index (χ0n) is 12.0. The molecule has 20 heavy (non-hydrogen) atoms. The first-order valence-corrected chi connectivity index (χ1v) is 7.51. The van der Waals surface area contributed by atoms with Crippen molar-refractivity contribution in [1.29, 1.82) is 0 Å². The normalized spacial score (nSPS) is 12.4. The molecule has 0 bridgehead atoms. The van der Waals surface area contributed by atoms with Crippen LogP contribution in [0.5, 0.6) is 0 Å². The first-order valence-electron chi connectivity index (χ1n) is 6.74. The van der Waals surface area contributed by atoms with Gasteiger partial charge >= 0.3 is 5.97 Å². The summed E-state index contributed by atoms with van der Waals surface area (Å²) >= 11 is 1.11. The molecule has 1 unspecified atom stereocenters. The van der Waals surface area contributed by atoms with E-state index in [9.17, 15) is 9.59 Å². The molecule has 1 heterocycles. The number of aromatic nitrogens is 2. The van der Waals surface area contributed by atoms with Crippen LogP contribution in [-0.4, -0.2) is 33.1 Å². The second-order valence-electron chi connectivity index (χ2n) is 5.22. The van der Waals surface area contributed by atoms with Crippen molar-refractivity contribution in [3.63, 3.8) is 0 Å². The number of hydrogen-bond acceptors (Lipinski definition) is 5. The quantitative estimate of drug-likeness (QED) is 0.768. The molecule has 1 atom stereocenters. The molecule has 0 aromatic carbocycles. The summed E-state index contributed by atoms with van der Waals surface area (Å²) in [5.74, 6) is -0.480. The predicted octanol–water partition coefficient (Wildman–Crippen LogP) is 2.28. The molecule has 0 radical (unpaired) electrons. The van der Waals surface area contributed by atoms with Gasteiger partial charge in [0.05, 0.1) is 5.69 Å². The minimum absolute atomic E-state index is 0.144. The fourth-order valence-corrected chi connectivity index (χ4v) is 2.49. The maximum Gasteiger partial charge on any atom is 0.303 e. The Hall–Kier alpha value is -1.50. The molecule has 2 N–H and O–H groups in total. The van der Waals surface area contributed by atoms with Gasteiger partial charge in [-0.05, 0) is 36.2 Å². The molecule has 0 fully saturated rings. The van der Waals surface area contributed by atoms with Gasteiger partial charge in [0.25, 0.3) is 5.91 Å². The molecule has 1 rings (SSSR count). The molecule has 0 aliphatic carbocycles. The van der Waals surface area contributed by atoms with Crippen molar-refractivity contribution in [2.45, 2.75) is 46.0 Å². The minimum atomic E-state index is -0.779. The van der Waals surface area contributed by atoms with E-state index in [1.54, 1.807) is 0 Å². The Morgan fingerprint density at radius 1 is 1.30 bits per heavy atom. The molecule has 112 valence electrons. The standard InChI is InChI=1S/C13H21N3O3S/c1-8(2)11-12(20-16-15-11)13(19)14-7-6-9(3)4-5-10(17)18/h8-9H,4-7H2,1-3H3,(H,14,19)(H,17,18). The van der Waals surface area contributed by atoms with Crippen molar-refractivity contribution in [1.82, 2.24) is 14.9 Å². The van der Waals surface area contributed by atoms with E-state index in [1.807, 2.05) is 20.8 Å². The van der Waals surface area contributed by atoms with Crippen LogP contribution in [0, 0.1) is 5.92 Å². The smallest absolute Gasteiger partial charge is 0.303 e. The number of amides is 1. The van der Waals surface area contributed by atoms with Gasteiger partial charge in [-0.15, -0.1) is 5.10 Å². The van der Waals surface area contributed by atoms with Gasteiger partial charge in [0.1, 0.15) is 4.88 Å². The van der Waals surface area contributed by atoms with Crippen LogP contribution in [0.3, 0.4) is 0 Å². The highest BCUT2D eigenvalue weighted by Gasteiger charge is 2.18. The van der Waals surface area contributed by atoms with E-state index >= 15 is 0 Å². The minimum Gasteiger partial charge on any atom is -0.481 e. The van der Waals surface area contributed by atoms with E-state index in [2.05, 4.69) is 14.9 Å². The average Bonchev–Trinajstić information content (AvgIpc) is 2.85. The van der Waals surface area contributed by atoms with Gasteiger partial charge in [0, 0.05) is 13.0 Å². The SMILES string of the molecule is CC(CCNC(=O)c1snnc1C(C)C)CCC(=O)O. The van der Waals surface area contributed by atoms with Gasteiger partial charge < -0.3 is 10.4 Å². The van der Waals surface area contributed by atoms with E-state index in [0.29, 0.717) is 17.8 Å². The molecule has 1 aromatic heterocycles. The number of rotatable bonds is 8. The molecule has 0 saturated heterocycles. The van der Waals surface area contributed by atoms with Crippen molar-refractivity contribution in [2.24, 2.45) is 5.92 Å². The number of nitrogens with zero attached hydrogens (tertiary/aromatic N) is 2. The lowest BCUT2D eigenvalue weighted by Crippen LogP contribution is -2.26. The summed E-state index contributed by atoms with van der Waals surface area (Å²) in [5.41, 5.74) is 0.728. The predicted molar refractivity (Wildman–Crippen MR) is 77.0 cm³/mol. The molecule has 6 nitrogen and oxygen atoms in total. The topological polar surface area (TPSA) is 92.2 Å². The van der Waals surface area contributed by atoms with E-state index in [-0.39, 0.29) is 24.2 Å². The third-order valence-electron chi connectivity index (χ3n) is 3.04. The second kappa shape index (κ2) is 7.94. The first-order chi connectivity index (χ1) is 9.41. The number of hydrogen-bond donors (Lipinski definition) is 2. The first kappa shape index (κ1) is 16.6. The summed E-state index contributed by atoms with van der Waals surface area (Å²) in [6.07, 6.45) is 1.57. The molecule has 0 aliphatic rings. The summed E-state index contributed by atoms with van der Waals surface area (Å²) in [6, 6.07) is 0. The Morgan fingerprint density at radius 3 is 2.60 bits per heavy atom. The van der Waals surface area contributed by atoms with E-state index < -0.39 is 5.97 Å². The van der Waals surface area contributed by atoms with E-state index in [1.165, 1.54) is 0 Å². The van der Waals surface area contributed by atoms with Crippen molar-refractivity contribution in [3.8, 4) is 0 Å². The van der Waals surface area contributed by atoms with Crippen LogP contribution in [0.4, 0.5) is 0 Å². The Kier molecular flexibility index (Phi) is 6.57. The lowest BCUT2D eigenvalue weighted by molar-refractivity contribution is -0.137. The lowest BCUT2D eigenvalue weighted by atomic mass is 10.0. The monoisotopic (exact) mass is 299 g/mol. The summed E-state index contributed by atoms with van der Waals surface area (Å²) in [7, 11) is 0. The van der Waals surface area contributed by atoms with Crippen molar-refractivity contribution in [3.05, 3.63) is 10.6 Å². The largest absolute Gasteiger partial charge is 0.481 e. The molecule has 0 saturated carbocycles. The summed E-state index contributed by atoms with van der Waals surface area (Å²) < 4.78 is 3.82. The number of carbonyl (C=O) groups is 2. The second-order valence-corrected chi connectivity index (χ2v) is 5.98. The van der Waals surface area contributed by atoms with E-state index in [4.69, 9.17) is 5.11 Å². The Labute approximate surface area is 122 Å². The van der Waals surface area contributed by atoms with Crippen molar-refractivity contribution < 1.29 is 14.7 Å². The highest BCUT2D eigenvalue weighted by molar-refractivity contribution is 7.08. The summed E-state index contributed by atoms with van der Waals surface area (Å²) in [6.45, 7) is 6.47. The van der Waals surface area contributed by atoms with Gasteiger partial charge in [0.2, 0.25) is 0 Å². The summed E-state index contributed by atoms with van der Waals surface area (Å²) in [5, 5.41) is 15.4. The summed E-state index contributed by atoms with van der Waals surface area (Å²) in [4.78, 5) is 23.0. The number of carboxylic acids is 1. The number of carbonyl (C=O) groups excluding carboxylic acids is 1. The number of nitrogens with one attached hydrogen (secondary N) is 1. The van der Waals surface area contributed by atoms with E-state index in [0.717, 1.165) is 23.6 Å². The molecule has 1 amide bonds. The zero-order chi connectivity index (χ0) is 15.1. The molecule has 1 aromatic rings. The fraction of sp³-hybridized carbons (Fsp3) is 0.692. The highest BCUT2D eigenvalue weighted by Crippen LogP contribution is 2.19. The van der Waals surface area contributed by atoms with Crippen molar-refractivity contribution in [2.75, 3.05) is 6.54 Å². The Balaban J connectivity index is 2.36. The third-order valence-corrected chi connectivity index (χ3v) is 3.78. The van der Waals surface area contributed by atoms with Crippen molar-refractivity contribution >= 4 is 23.4 Å². The maximum absolute atomic E-state index is 12.0. The Morgan fingerprint density at radius 2 is 2.00 bits per heavy atom. The van der Waals surface area contributed by atoms with Crippen LogP contribution in [0.25, 0.3) is 0 Å². The van der Waals surface area contributed by atoms with Gasteiger partial charge in [-0.3, -0.25) is 9.59 Å². The lowest BCUT2D eigenvalue weighted by Gasteiger charge is -2.10. The average molecular weight is 299 g/mol. The van der Waals surface area contributed by atoms with Gasteiger partial charge in [-0.2, -0.15) is 0 Å². The van der Waals surface area contributed by atoms with Gasteiger partial charge in [0.15, 0.2) is 0 Å². The molecular formula is C13H21N3O3S. The molecule has 7 heteroatoms. The number of aliphatic carboxylic acids is 1. The van der Waals surface area contributed by atoms with Crippen LogP contribution < -0.4 is 5.32 Å². The molecular weight excluding hydrogens is 278 g/mol. The van der Waals surface area contributed by atoms with Crippen LogP contribution in [-0.2, 0) is 4.79 Å². The molecule has 0 aliphatic heterocycles. The Bertz CT molecular complexity index is 459. The van der Waals surface area contributed by atoms with Crippen LogP contribution in [0.2, 0.25) is 0 Å². The fourth-order valence-electron chi connectivity index (χ4n) is 1.76. The van der Waals surface area contributed by atoms with Gasteiger partial charge in [-0.25, -0.2) is 0 Å². The zero-order valence-corrected chi connectivity index (χ0v) is 12.9. The third kappa shape index (κ3) is 5.24. The highest BCUT2D eigenvalue weighted by atomic mass is 32.1. The van der Waals surface area contributed by atoms with Crippen LogP contribution in [0.15, 0.2) is 0 Å². The molecule has 0 spiro atoms.